The molecule has 0 spiro atoms. The molecule has 0 aromatic rings. The number of aliphatic hydroxyl groups is 2. The number of allylic oxidation sites excluding steroid dienone is 4. The summed E-state index contributed by atoms with van der Waals surface area (Å²) < 4.78 is 0. The van der Waals surface area contributed by atoms with Crippen LogP contribution in [0, 0.1) is 28.6 Å². The van der Waals surface area contributed by atoms with Crippen molar-refractivity contribution in [2.24, 2.45) is 28.6 Å². The quantitative estimate of drug-likeness (QED) is 0.785. The molecule has 4 rings (SSSR count). The number of rotatable bonds is 2. The molecule has 2 N–H and O–H groups in total. The molecule has 5 heteroatoms. The average Bonchev–Trinajstić information content (AvgIpc) is 2.86. The Morgan fingerprint density at radius 3 is 2.69 bits per heavy atom. The summed E-state index contributed by atoms with van der Waals surface area (Å²) in [7, 11) is 0. The first-order valence-corrected chi connectivity index (χ1v) is 9.51. The van der Waals surface area contributed by atoms with E-state index in [1.54, 1.807) is 12.2 Å². The van der Waals surface area contributed by atoms with Crippen LogP contribution in [0.25, 0.3) is 0 Å². The summed E-state index contributed by atoms with van der Waals surface area (Å²) in [5.41, 5.74) is -1.86. The molecule has 3 saturated carbocycles. The Hall–Kier alpha value is -1.59. The SMILES string of the molecule is C[C@]12C=CC(=O)C=C1CC[C@H]1[C@H]2C(=O)C[C@@]2(C)[C@H]1CC[C@]2(O)C(=O)CO. The fourth-order valence-corrected chi connectivity index (χ4v) is 6.62. The highest BCUT2D eigenvalue weighted by Crippen LogP contribution is 2.66. The third-order valence-corrected chi connectivity index (χ3v) is 8.01. The molecule has 0 aromatic heterocycles. The fraction of sp³-hybridized carbons (Fsp3) is 0.667. The molecule has 26 heavy (non-hydrogen) atoms. The van der Waals surface area contributed by atoms with Gasteiger partial charge in [-0.15, -0.1) is 0 Å². The van der Waals surface area contributed by atoms with Gasteiger partial charge in [-0.05, 0) is 49.7 Å². The van der Waals surface area contributed by atoms with E-state index in [1.807, 2.05) is 19.9 Å². The molecule has 0 heterocycles. The van der Waals surface area contributed by atoms with Crippen LogP contribution in [-0.4, -0.2) is 39.8 Å². The molecule has 0 saturated heterocycles. The Morgan fingerprint density at radius 1 is 1.27 bits per heavy atom. The lowest BCUT2D eigenvalue weighted by atomic mass is 9.46. The van der Waals surface area contributed by atoms with Gasteiger partial charge in [0.15, 0.2) is 11.6 Å². The summed E-state index contributed by atoms with van der Waals surface area (Å²) in [6.45, 7) is 3.19. The Balaban J connectivity index is 1.76. The highest BCUT2D eigenvalue weighted by molar-refractivity contribution is 6.02. The van der Waals surface area contributed by atoms with Gasteiger partial charge in [0.05, 0.1) is 0 Å². The highest BCUT2D eigenvalue weighted by atomic mass is 16.3. The fourth-order valence-electron chi connectivity index (χ4n) is 6.62. The largest absolute Gasteiger partial charge is 0.388 e. The molecule has 0 radical (unpaired) electrons. The van der Waals surface area contributed by atoms with Gasteiger partial charge in [-0.1, -0.05) is 25.5 Å². The number of ketones is 3. The van der Waals surface area contributed by atoms with E-state index < -0.39 is 28.8 Å². The first-order chi connectivity index (χ1) is 12.2. The van der Waals surface area contributed by atoms with Crippen molar-refractivity contribution in [1.82, 2.24) is 0 Å². The van der Waals surface area contributed by atoms with Crippen molar-refractivity contribution in [2.75, 3.05) is 6.61 Å². The van der Waals surface area contributed by atoms with Gasteiger partial charge >= 0.3 is 0 Å². The molecule has 140 valence electrons. The maximum Gasteiger partial charge on any atom is 0.190 e. The van der Waals surface area contributed by atoms with Gasteiger partial charge < -0.3 is 10.2 Å². The second-order valence-corrected chi connectivity index (χ2v) is 9.02. The van der Waals surface area contributed by atoms with E-state index in [2.05, 4.69) is 0 Å². The first kappa shape index (κ1) is 17.8. The van der Waals surface area contributed by atoms with Crippen LogP contribution in [-0.2, 0) is 14.4 Å². The van der Waals surface area contributed by atoms with Crippen LogP contribution in [0.2, 0.25) is 0 Å². The van der Waals surface area contributed by atoms with Crippen LogP contribution in [0.15, 0.2) is 23.8 Å². The van der Waals surface area contributed by atoms with E-state index >= 15 is 0 Å². The minimum absolute atomic E-state index is 0.0206. The Kier molecular flexibility index (Phi) is 3.74. The molecular formula is C21H26O5. The number of hydrogen-bond donors (Lipinski definition) is 2. The van der Waals surface area contributed by atoms with Crippen LogP contribution in [0.4, 0.5) is 0 Å². The normalized spacial score (nSPS) is 47.1. The van der Waals surface area contributed by atoms with Crippen LogP contribution >= 0.6 is 0 Å². The second-order valence-electron chi connectivity index (χ2n) is 9.02. The van der Waals surface area contributed by atoms with Gasteiger partial charge in [0, 0.05) is 23.2 Å². The topological polar surface area (TPSA) is 91.7 Å². The van der Waals surface area contributed by atoms with Crippen molar-refractivity contribution in [1.29, 1.82) is 0 Å². The lowest BCUT2D eigenvalue weighted by Gasteiger charge is -2.56. The first-order valence-electron chi connectivity index (χ1n) is 9.51. The van der Waals surface area contributed by atoms with E-state index in [-0.39, 0.29) is 35.7 Å². The summed E-state index contributed by atoms with van der Waals surface area (Å²) in [5.74, 6) is -0.590. The molecule has 0 unspecified atom stereocenters. The molecule has 3 fully saturated rings. The maximum atomic E-state index is 13.3. The van der Waals surface area contributed by atoms with Gasteiger partial charge in [0.2, 0.25) is 0 Å². The number of carbonyl (C=O) groups is 3. The molecule has 0 bridgehead atoms. The van der Waals surface area contributed by atoms with Gasteiger partial charge in [-0.3, -0.25) is 14.4 Å². The molecule has 0 aliphatic heterocycles. The van der Waals surface area contributed by atoms with E-state index in [9.17, 15) is 24.6 Å². The molecule has 5 nitrogen and oxygen atoms in total. The molecule has 0 aromatic carbocycles. The van der Waals surface area contributed by atoms with Gasteiger partial charge in [0.25, 0.3) is 0 Å². The third-order valence-electron chi connectivity index (χ3n) is 8.01. The minimum atomic E-state index is -1.62. The Labute approximate surface area is 153 Å². The second kappa shape index (κ2) is 5.46. The standard InChI is InChI=1S/C21H26O5/c1-19-7-5-13(23)9-12(19)3-4-14-15-6-8-21(26,17(25)11-22)20(15,2)10-16(24)18(14)19/h5,7,9,14-15,18,22,26H,3-4,6,8,10-11H2,1-2H3/t14-,15+,18+,19+,20+,21+/m1/s1. The van der Waals surface area contributed by atoms with Crippen molar-refractivity contribution in [3.63, 3.8) is 0 Å². The predicted octanol–water partition coefficient (Wildman–Crippen LogP) is 1.77. The van der Waals surface area contributed by atoms with Crippen molar-refractivity contribution in [3.8, 4) is 0 Å². The number of Topliss-reactive ketones (excluding diaryl/α,β-unsaturated/α-hetero) is 2. The molecule has 0 amide bonds. The van der Waals surface area contributed by atoms with E-state index in [4.69, 9.17) is 0 Å². The molecule has 4 aliphatic carbocycles. The summed E-state index contributed by atoms with van der Waals surface area (Å²) in [4.78, 5) is 37.4. The number of fused-ring (bicyclic) bond motifs is 5. The highest BCUT2D eigenvalue weighted by Gasteiger charge is 2.68. The van der Waals surface area contributed by atoms with Crippen LogP contribution in [0.1, 0.15) is 46.0 Å². The molecule has 4 aliphatic rings. The van der Waals surface area contributed by atoms with Gasteiger partial charge in [-0.2, -0.15) is 0 Å². The number of hydrogen-bond acceptors (Lipinski definition) is 5. The zero-order valence-corrected chi connectivity index (χ0v) is 15.3. The van der Waals surface area contributed by atoms with Crippen molar-refractivity contribution in [2.45, 2.75) is 51.6 Å². The predicted molar refractivity (Wildman–Crippen MR) is 94.0 cm³/mol. The van der Waals surface area contributed by atoms with Crippen molar-refractivity contribution >= 4 is 17.3 Å². The zero-order valence-electron chi connectivity index (χ0n) is 15.3. The lowest BCUT2D eigenvalue weighted by Crippen LogP contribution is -2.60. The van der Waals surface area contributed by atoms with E-state index in [0.717, 1.165) is 18.4 Å². The summed E-state index contributed by atoms with van der Waals surface area (Å²) in [6, 6.07) is 0. The zero-order chi connectivity index (χ0) is 18.9. The van der Waals surface area contributed by atoms with Crippen molar-refractivity contribution in [3.05, 3.63) is 23.8 Å². The monoisotopic (exact) mass is 358 g/mol. The van der Waals surface area contributed by atoms with Crippen molar-refractivity contribution < 1.29 is 24.6 Å². The average molecular weight is 358 g/mol. The molecule has 6 atom stereocenters. The summed E-state index contributed by atoms with van der Waals surface area (Å²) in [5, 5.41) is 20.5. The minimum Gasteiger partial charge on any atom is -0.388 e. The Bertz CT molecular complexity index is 764. The Morgan fingerprint density at radius 2 is 2.00 bits per heavy atom. The maximum absolute atomic E-state index is 13.3. The van der Waals surface area contributed by atoms with Gasteiger partial charge in [0.1, 0.15) is 18.0 Å². The lowest BCUT2D eigenvalue weighted by molar-refractivity contribution is -0.168. The molecular weight excluding hydrogens is 332 g/mol. The summed E-state index contributed by atoms with van der Waals surface area (Å²) >= 11 is 0. The number of carbonyl (C=O) groups excluding carboxylic acids is 3. The van der Waals surface area contributed by atoms with Crippen LogP contribution in [0.3, 0.4) is 0 Å². The number of aliphatic hydroxyl groups excluding tert-OH is 1. The van der Waals surface area contributed by atoms with Crippen LogP contribution < -0.4 is 0 Å². The van der Waals surface area contributed by atoms with E-state index in [0.29, 0.717) is 12.8 Å². The third kappa shape index (κ3) is 2.01. The smallest absolute Gasteiger partial charge is 0.190 e. The van der Waals surface area contributed by atoms with Gasteiger partial charge in [-0.25, -0.2) is 0 Å². The van der Waals surface area contributed by atoms with Crippen LogP contribution in [0.5, 0.6) is 0 Å². The summed E-state index contributed by atoms with van der Waals surface area (Å²) in [6.07, 6.45) is 7.82. The van der Waals surface area contributed by atoms with E-state index in [1.165, 1.54) is 0 Å².